The van der Waals surface area contributed by atoms with Crippen molar-refractivity contribution in [2.24, 2.45) is 0 Å². The molecule has 1 N–H and O–H groups in total. The van der Waals surface area contributed by atoms with Crippen LogP contribution in [0.4, 0.5) is 5.69 Å². The Labute approximate surface area is 110 Å². The highest BCUT2D eigenvalue weighted by Crippen LogP contribution is 2.22. The van der Waals surface area contributed by atoms with Crippen molar-refractivity contribution < 1.29 is 9.53 Å². The highest BCUT2D eigenvalue weighted by atomic mass is 32.1. The molecular weight excluding hydrogens is 246 g/mol. The Bertz CT molecular complexity index is 558. The van der Waals surface area contributed by atoms with Crippen molar-refractivity contribution in [2.75, 3.05) is 12.4 Å². The van der Waals surface area contributed by atoms with E-state index >= 15 is 0 Å². The smallest absolute Gasteiger partial charge is 0.256 e. The van der Waals surface area contributed by atoms with Crippen LogP contribution in [-0.4, -0.2) is 13.0 Å². The van der Waals surface area contributed by atoms with Crippen molar-refractivity contribution in [3.05, 3.63) is 45.6 Å². The van der Waals surface area contributed by atoms with Crippen LogP contribution in [0.5, 0.6) is 5.75 Å². The predicted octanol–water partition coefficient (Wildman–Crippen LogP) is 3.63. The molecule has 3 nitrogen and oxygen atoms in total. The number of carbonyl (C=O) groups excluding carboxylic acids is 1. The number of amides is 1. The summed E-state index contributed by atoms with van der Waals surface area (Å²) in [5, 5.41) is 2.88. The van der Waals surface area contributed by atoms with Crippen LogP contribution in [0.1, 0.15) is 20.1 Å². The second kappa shape index (κ2) is 5.23. The average Bonchev–Trinajstić information content (AvgIpc) is 2.69. The molecule has 0 saturated carbocycles. The van der Waals surface area contributed by atoms with Crippen LogP contribution in [-0.2, 0) is 0 Å². The maximum Gasteiger partial charge on any atom is 0.256 e. The van der Waals surface area contributed by atoms with Crippen molar-refractivity contribution in [3.8, 4) is 5.75 Å². The third kappa shape index (κ3) is 2.71. The topological polar surface area (TPSA) is 38.3 Å². The summed E-state index contributed by atoms with van der Waals surface area (Å²) in [6.45, 7) is 3.96. The van der Waals surface area contributed by atoms with E-state index < -0.39 is 0 Å². The van der Waals surface area contributed by atoms with E-state index in [4.69, 9.17) is 4.74 Å². The van der Waals surface area contributed by atoms with E-state index in [1.54, 1.807) is 18.4 Å². The first-order valence-electron chi connectivity index (χ1n) is 5.62. The standard InChI is InChI=1S/C14H15NO2S/c1-9-8-13(10(2)18-9)14(16)15-11-4-6-12(17-3)7-5-11/h4-8H,1-3H3,(H,15,16). The lowest BCUT2D eigenvalue weighted by Crippen LogP contribution is -2.11. The molecule has 94 valence electrons. The molecule has 0 atom stereocenters. The third-order valence-electron chi connectivity index (χ3n) is 2.63. The molecule has 1 amide bonds. The molecule has 0 fully saturated rings. The molecule has 0 bridgehead atoms. The molecule has 0 spiro atoms. The zero-order valence-electron chi connectivity index (χ0n) is 10.6. The van der Waals surface area contributed by atoms with Crippen LogP contribution < -0.4 is 10.1 Å². The molecule has 0 aliphatic heterocycles. The molecule has 1 aromatic heterocycles. The lowest BCUT2D eigenvalue weighted by molar-refractivity contribution is 0.102. The summed E-state index contributed by atoms with van der Waals surface area (Å²) in [5.74, 6) is 0.706. The number of methoxy groups -OCH3 is 1. The Morgan fingerprint density at radius 3 is 2.39 bits per heavy atom. The van der Waals surface area contributed by atoms with E-state index in [0.717, 1.165) is 26.8 Å². The van der Waals surface area contributed by atoms with Gasteiger partial charge in [-0.25, -0.2) is 0 Å². The van der Waals surface area contributed by atoms with E-state index in [9.17, 15) is 4.79 Å². The number of thiophene rings is 1. The third-order valence-corrected chi connectivity index (χ3v) is 3.60. The van der Waals surface area contributed by atoms with Crippen LogP contribution in [0, 0.1) is 13.8 Å². The zero-order chi connectivity index (χ0) is 13.1. The van der Waals surface area contributed by atoms with Gasteiger partial charge in [0.25, 0.3) is 5.91 Å². The number of hydrogen-bond donors (Lipinski definition) is 1. The molecule has 4 heteroatoms. The van der Waals surface area contributed by atoms with Crippen molar-refractivity contribution in [2.45, 2.75) is 13.8 Å². The van der Waals surface area contributed by atoms with E-state index in [1.807, 2.05) is 44.2 Å². The van der Waals surface area contributed by atoms with Gasteiger partial charge < -0.3 is 10.1 Å². The fourth-order valence-electron chi connectivity index (χ4n) is 1.73. The summed E-state index contributed by atoms with van der Waals surface area (Å²) >= 11 is 1.63. The van der Waals surface area contributed by atoms with Crippen LogP contribution >= 0.6 is 11.3 Å². The number of anilines is 1. The van der Waals surface area contributed by atoms with Gasteiger partial charge in [0.15, 0.2) is 0 Å². The van der Waals surface area contributed by atoms with Crippen LogP contribution in [0.15, 0.2) is 30.3 Å². The van der Waals surface area contributed by atoms with Gasteiger partial charge in [0.05, 0.1) is 12.7 Å². The number of benzene rings is 1. The minimum Gasteiger partial charge on any atom is -0.497 e. The van der Waals surface area contributed by atoms with E-state index in [1.165, 1.54) is 0 Å². The van der Waals surface area contributed by atoms with Crippen molar-refractivity contribution >= 4 is 22.9 Å². The lowest BCUT2D eigenvalue weighted by Gasteiger charge is -2.05. The Balaban J connectivity index is 2.13. The first kappa shape index (κ1) is 12.6. The molecule has 2 rings (SSSR count). The van der Waals surface area contributed by atoms with E-state index in [-0.39, 0.29) is 5.91 Å². The number of carbonyl (C=O) groups is 1. The van der Waals surface area contributed by atoms with Gasteiger partial charge >= 0.3 is 0 Å². The highest BCUT2D eigenvalue weighted by molar-refractivity contribution is 7.12. The molecule has 0 radical (unpaired) electrons. The average molecular weight is 261 g/mol. The van der Waals surface area contributed by atoms with E-state index in [2.05, 4.69) is 5.32 Å². The van der Waals surface area contributed by atoms with Gasteiger partial charge in [0.1, 0.15) is 5.75 Å². The summed E-state index contributed by atoms with van der Waals surface area (Å²) < 4.78 is 5.07. The number of hydrogen-bond acceptors (Lipinski definition) is 3. The monoisotopic (exact) mass is 261 g/mol. The van der Waals surface area contributed by atoms with Crippen LogP contribution in [0.25, 0.3) is 0 Å². The van der Waals surface area contributed by atoms with Gasteiger partial charge in [-0.2, -0.15) is 0 Å². The predicted molar refractivity (Wildman–Crippen MR) is 74.7 cm³/mol. The number of rotatable bonds is 3. The van der Waals surface area contributed by atoms with Gasteiger partial charge in [0, 0.05) is 15.4 Å². The SMILES string of the molecule is COc1ccc(NC(=O)c2cc(C)sc2C)cc1. The van der Waals surface area contributed by atoms with Gasteiger partial charge in [-0.3, -0.25) is 4.79 Å². The quantitative estimate of drug-likeness (QED) is 0.916. The van der Waals surface area contributed by atoms with Crippen molar-refractivity contribution in [1.82, 2.24) is 0 Å². The lowest BCUT2D eigenvalue weighted by atomic mass is 10.2. The minimum atomic E-state index is -0.0676. The molecule has 0 saturated heterocycles. The molecule has 18 heavy (non-hydrogen) atoms. The molecule has 2 aromatic rings. The second-order valence-electron chi connectivity index (χ2n) is 4.01. The largest absolute Gasteiger partial charge is 0.497 e. The summed E-state index contributed by atoms with van der Waals surface area (Å²) in [4.78, 5) is 14.3. The molecule has 1 heterocycles. The summed E-state index contributed by atoms with van der Waals surface area (Å²) in [6.07, 6.45) is 0. The first-order chi connectivity index (χ1) is 8.60. The van der Waals surface area contributed by atoms with Gasteiger partial charge in [-0.15, -0.1) is 11.3 Å². The maximum atomic E-state index is 12.1. The molecule has 0 aliphatic rings. The van der Waals surface area contributed by atoms with Crippen LogP contribution in [0.3, 0.4) is 0 Å². The number of nitrogens with one attached hydrogen (secondary N) is 1. The second-order valence-corrected chi connectivity index (χ2v) is 5.47. The minimum absolute atomic E-state index is 0.0676. The normalized spacial score (nSPS) is 10.2. The van der Waals surface area contributed by atoms with E-state index in [0.29, 0.717) is 0 Å². The van der Waals surface area contributed by atoms with Crippen LogP contribution in [0.2, 0.25) is 0 Å². The Morgan fingerprint density at radius 2 is 1.89 bits per heavy atom. The number of aryl methyl sites for hydroxylation is 2. The molecular formula is C14H15NO2S. The summed E-state index contributed by atoms with van der Waals surface area (Å²) in [7, 11) is 1.62. The first-order valence-corrected chi connectivity index (χ1v) is 6.44. The fraction of sp³-hybridized carbons (Fsp3) is 0.214. The van der Waals surface area contributed by atoms with Gasteiger partial charge in [0.2, 0.25) is 0 Å². The molecule has 0 aliphatic carbocycles. The van der Waals surface area contributed by atoms with Crippen molar-refractivity contribution in [1.29, 1.82) is 0 Å². The highest BCUT2D eigenvalue weighted by Gasteiger charge is 2.11. The number of ether oxygens (including phenoxy) is 1. The Kier molecular flexibility index (Phi) is 3.67. The van der Waals surface area contributed by atoms with Crippen molar-refractivity contribution in [3.63, 3.8) is 0 Å². The Morgan fingerprint density at radius 1 is 1.22 bits per heavy atom. The maximum absolute atomic E-state index is 12.1. The fourth-order valence-corrected chi connectivity index (χ4v) is 2.65. The Hall–Kier alpha value is -1.81. The molecule has 0 unspecified atom stereocenters. The summed E-state index contributed by atoms with van der Waals surface area (Å²) in [6, 6.07) is 9.21. The summed E-state index contributed by atoms with van der Waals surface area (Å²) in [5.41, 5.74) is 1.51. The van der Waals surface area contributed by atoms with Gasteiger partial charge in [-0.1, -0.05) is 0 Å². The zero-order valence-corrected chi connectivity index (χ0v) is 11.4. The molecule has 1 aromatic carbocycles. The van der Waals surface area contributed by atoms with Gasteiger partial charge in [-0.05, 0) is 44.2 Å².